The SMILES string of the molecule is CC(C)N1CCN(S(=O)(=O)c2cccc3nonc23)CC1. The summed E-state index contributed by atoms with van der Waals surface area (Å²) in [7, 11) is -3.56. The predicted octanol–water partition coefficient (Wildman–Crippen LogP) is 0.937. The lowest BCUT2D eigenvalue weighted by Crippen LogP contribution is -2.50. The van der Waals surface area contributed by atoms with Crippen LogP contribution in [0.1, 0.15) is 13.8 Å². The molecule has 7 nitrogen and oxygen atoms in total. The van der Waals surface area contributed by atoms with Gasteiger partial charge in [0.05, 0.1) is 0 Å². The molecule has 21 heavy (non-hydrogen) atoms. The third-order valence-electron chi connectivity index (χ3n) is 3.87. The van der Waals surface area contributed by atoms with E-state index in [-0.39, 0.29) is 4.90 Å². The molecule has 0 saturated carbocycles. The molecule has 1 fully saturated rings. The van der Waals surface area contributed by atoms with E-state index >= 15 is 0 Å². The molecule has 0 unspecified atom stereocenters. The Balaban J connectivity index is 1.90. The van der Waals surface area contributed by atoms with Gasteiger partial charge in [0.2, 0.25) is 10.0 Å². The van der Waals surface area contributed by atoms with Crippen LogP contribution < -0.4 is 0 Å². The first-order chi connectivity index (χ1) is 10.00. The molecule has 2 heterocycles. The van der Waals surface area contributed by atoms with Crippen molar-refractivity contribution < 1.29 is 13.0 Å². The summed E-state index contributed by atoms with van der Waals surface area (Å²) < 4.78 is 31.7. The summed E-state index contributed by atoms with van der Waals surface area (Å²) in [6.45, 7) is 6.69. The summed E-state index contributed by atoms with van der Waals surface area (Å²) in [6.07, 6.45) is 0. The molecule has 3 rings (SSSR count). The van der Waals surface area contributed by atoms with Gasteiger partial charge < -0.3 is 0 Å². The number of aromatic nitrogens is 2. The predicted molar refractivity (Wildman–Crippen MR) is 77.3 cm³/mol. The van der Waals surface area contributed by atoms with Crippen molar-refractivity contribution in [3.05, 3.63) is 18.2 Å². The van der Waals surface area contributed by atoms with Gasteiger partial charge >= 0.3 is 0 Å². The van der Waals surface area contributed by atoms with Crippen molar-refractivity contribution in [2.45, 2.75) is 24.8 Å². The molecule has 1 saturated heterocycles. The second kappa shape index (κ2) is 5.36. The van der Waals surface area contributed by atoms with Crippen LogP contribution in [0.15, 0.2) is 27.7 Å². The van der Waals surface area contributed by atoms with Crippen molar-refractivity contribution in [2.24, 2.45) is 0 Å². The Kier molecular flexibility index (Phi) is 3.68. The van der Waals surface area contributed by atoms with E-state index in [1.165, 1.54) is 4.31 Å². The van der Waals surface area contributed by atoms with E-state index in [1.807, 2.05) is 0 Å². The van der Waals surface area contributed by atoms with Crippen LogP contribution in [0.4, 0.5) is 0 Å². The van der Waals surface area contributed by atoms with Crippen LogP contribution in [0.3, 0.4) is 0 Å². The minimum atomic E-state index is -3.56. The van der Waals surface area contributed by atoms with E-state index in [0.29, 0.717) is 30.2 Å². The Morgan fingerprint density at radius 2 is 1.86 bits per heavy atom. The third-order valence-corrected chi connectivity index (χ3v) is 5.80. The minimum absolute atomic E-state index is 0.166. The largest absolute Gasteiger partial charge is 0.298 e. The molecule has 0 atom stereocenters. The average Bonchev–Trinajstić information content (AvgIpc) is 2.95. The van der Waals surface area contributed by atoms with E-state index < -0.39 is 10.0 Å². The number of rotatable bonds is 3. The maximum atomic E-state index is 12.8. The zero-order valence-corrected chi connectivity index (χ0v) is 12.9. The van der Waals surface area contributed by atoms with Gasteiger partial charge in [-0.05, 0) is 36.3 Å². The second-order valence-electron chi connectivity index (χ2n) is 5.42. The van der Waals surface area contributed by atoms with Crippen molar-refractivity contribution in [1.82, 2.24) is 19.5 Å². The van der Waals surface area contributed by atoms with E-state index in [0.717, 1.165) is 13.1 Å². The highest BCUT2D eigenvalue weighted by Gasteiger charge is 2.31. The highest BCUT2D eigenvalue weighted by molar-refractivity contribution is 7.89. The molecule has 0 radical (unpaired) electrons. The molecule has 0 amide bonds. The number of benzene rings is 1. The van der Waals surface area contributed by atoms with Gasteiger partial charge in [0.25, 0.3) is 0 Å². The normalized spacial score (nSPS) is 18.6. The molecule has 0 N–H and O–H groups in total. The first-order valence-corrected chi connectivity index (χ1v) is 8.39. The lowest BCUT2D eigenvalue weighted by molar-refractivity contribution is 0.154. The summed E-state index contributed by atoms with van der Waals surface area (Å²) in [6, 6.07) is 5.32. The van der Waals surface area contributed by atoms with Gasteiger partial charge in [-0.3, -0.25) is 4.90 Å². The molecule has 0 aliphatic carbocycles. The minimum Gasteiger partial charge on any atom is -0.298 e. The number of piperazine rings is 1. The number of nitrogens with zero attached hydrogens (tertiary/aromatic N) is 4. The maximum absolute atomic E-state index is 12.8. The highest BCUT2D eigenvalue weighted by Crippen LogP contribution is 2.24. The Hall–Kier alpha value is -1.51. The van der Waals surface area contributed by atoms with E-state index in [9.17, 15) is 8.42 Å². The van der Waals surface area contributed by atoms with Gasteiger partial charge in [-0.25, -0.2) is 13.0 Å². The van der Waals surface area contributed by atoms with Gasteiger partial charge in [-0.1, -0.05) is 6.07 Å². The van der Waals surface area contributed by atoms with Crippen LogP contribution in [-0.2, 0) is 10.0 Å². The maximum Gasteiger partial charge on any atom is 0.245 e. The Bertz CT molecular complexity index is 733. The summed E-state index contributed by atoms with van der Waals surface area (Å²) in [5.74, 6) is 0. The zero-order valence-electron chi connectivity index (χ0n) is 12.1. The highest BCUT2D eigenvalue weighted by atomic mass is 32.2. The molecule has 114 valence electrons. The van der Waals surface area contributed by atoms with Crippen LogP contribution >= 0.6 is 0 Å². The van der Waals surface area contributed by atoms with Crippen molar-refractivity contribution >= 4 is 21.1 Å². The molecule has 1 aromatic carbocycles. The van der Waals surface area contributed by atoms with Crippen LogP contribution in [0.25, 0.3) is 11.0 Å². The molecule has 1 aliphatic rings. The van der Waals surface area contributed by atoms with E-state index in [4.69, 9.17) is 0 Å². The molecule has 1 aromatic heterocycles. The van der Waals surface area contributed by atoms with Crippen LogP contribution in [0.2, 0.25) is 0 Å². The molecule has 1 aliphatic heterocycles. The molecule has 0 bridgehead atoms. The third kappa shape index (κ3) is 2.54. The molecule has 2 aromatic rings. The molecule has 0 spiro atoms. The first kappa shape index (κ1) is 14.4. The smallest absolute Gasteiger partial charge is 0.245 e. The van der Waals surface area contributed by atoms with Gasteiger partial charge in [0.15, 0.2) is 5.52 Å². The number of fused-ring (bicyclic) bond motifs is 1. The standard InChI is InChI=1S/C13H18N4O3S/c1-10(2)16-6-8-17(9-7-16)21(18,19)12-5-3-4-11-13(12)15-20-14-11/h3-5,10H,6-9H2,1-2H3. The second-order valence-corrected chi connectivity index (χ2v) is 7.33. The Morgan fingerprint density at radius 3 is 2.52 bits per heavy atom. The van der Waals surface area contributed by atoms with Gasteiger partial charge in [0.1, 0.15) is 10.4 Å². The Morgan fingerprint density at radius 1 is 1.14 bits per heavy atom. The van der Waals surface area contributed by atoms with Gasteiger partial charge in [-0.2, -0.15) is 4.31 Å². The van der Waals surface area contributed by atoms with Crippen molar-refractivity contribution in [2.75, 3.05) is 26.2 Å². The molecule has 8 heteroatoms. The van der Waals surface area contributed by atoms with Crippen molar-refractivity contribution in [1.29, 1.82) is 0 Å². The summed E-state index contributed by atoms with van der Waals surface area (Å²) in [5.41, 5.74) is 0.751. The fraction of sp³-hybridized carbons (Fsp3) is 0.538. The van der Waals surface area contributed by atoms with Crippen LogP contribution in [0.5, 0.6) is 0 Å². The van der Waals surface area contributed by atoms with Crippen LogP contribution in [0, 0.1) is 0 Å². The fourth-order valence-electron chi connectivity index (χ4n) is 2.59. The van der Waals surface area contributed by atoms with Crippen molar-refractivity contribution in [3.8, 4) is 0 Å². The summed E-state index contributed by atoms with van der Waals surface area (Å²) >= 11 is 0. The number of hydrogen-bond donors (Lipinski definition) is 0. The van der Waals surface area contributed by atoms with E-state index in [1.54, 1.807) is 18.2 Å². The fourth-order valence-corrected chi connectivity index (χ4v) is 4.15. The molecular formula is C13H18N4O3S. The van der Waals surface area contributed by atoms with E-state index in [2.05, 4.69) is 33.7 Å². The summed E-state index contributed by atoms with van der Waals surface area (Å²) in [4.78, 5) is 2.43. The average molecular weight is 310 g/mol. The number of sulfonamides is 1. The van der Waals surface area contributed by atoms with Gasteiger partial charge in [0, 0.05) is 32.2 Å². The monoisotopic (exact) mass is 310 g/mol. The summed E-state index contributed by atoms with van der Waals surface area (Å²) in [5, 5.41) is 7.42. The number of hydrogen-bond acceptors (Lipinski definition) is 6. The Labute approximate surface area is 123 Å². The first-order valence-electron chi connectivity index (χ1n) is 6.95. The van der Waals surface area contributed by atoms with Crippen molar-refractivity contribution in [3.63, 3.8) is 0 Å². The quantitative estimate of drug-likeness (QED) is 0.839. The zero-order chi connectivity index (χ0) is 15.0. The van der Waals surface area contributed by atoms with Gasteiger partial charge in [-0.15, -0.1) is 0 Å². The lowest BCUT2D eigenvalue weighted by atomic mass is 10.3. The molecular weight excluding hydrogens is 292 g/mol. The lowest BCUT2D eigenvalue weighted by Gasteiger charge is -2.36. The van der Waals surface area contributed by atoms with Crippen LogP contribution in [-0.4, -0.2) is 60.2 Å². The topological polar surface area (TPSA) is 79.5 Å².